The summed E-state index contributed by atoms with van der Waals surface area (Å²) < 4.78 is 0. The molecule has 1 aromatic rings. The van der Waals surface area contributed by atoms with Gasteiger partial charge in [-0.15, -0.1) is 0 Å². The zero-order valence-corrected chi connectivity index (χ0v) is 14.1. The van der Waals surface area contributed by atoms with Gasteiger partial charge in [0, 0.05) is 12.2 Å². The second-order valence-corrected chi connectivity index (χ2v) is 7.41. The third kappa shape index (κ3) is 4.31. The molecule has 2 unspecified atom stereocenters. The maximum atomic E-state index is 12.3. The Morgan fingerprint density at radius 2 is 2.05 bits per heavy atom. The normalized spacial score (nSPS) is 23.3. The standard InChI is InChI=1S/C18H28N2O2/c1-13-9-10-20(11-16(13)21)12-17(22)19-15-8-6-5-7-14(15)18(2,3)4/h5-8,13,16,21H,9-12H2,1-4H3,(H,19,22). The highest BCUT2D eigenvalue weighted by Gasteiger charge is 2.26. The summed E-state index contributed by atoms with van der Waals surface area (Å²) >= 11 is 0. The van der Waals surface area contributed by atoms with Crippen LogP contribution in [0.25, 0.3) is 0 Å². The molecule has 0 aromatic heterocycles. The highest BCUT2D eigenvalue weighted by Crippen LogP contribution is 2.29. The average molecular weight is 304 g/mol. The number of β-amino-alcohol motifs (C(OH)–C–C–N with tert-alkyl or cyclic N) is 1. The number of carbonyl (C=O) groups excluding carboxylic acids is 1. The number of likely N-dealkylation sites (tertiary alicyclic amines) is 1. The first-order valence-corrected chi connectivity index (χ1v) is 8.07. The number of aliphatic hydroxyl groups excluding tert-OH is 1. The summed E-state index contributed by atoms with van der Waals surface area (Å²) in [4.78, 5) is 14.3. The van der Waals surface area contributed by atoms with Crippen molar-refractivity contribution in [2.45, 2.75) is 45.6 Å². The van der Waals surface area contributed by atoms with Crippen molar-refractivity contribution in [3.63, 3.8) is 0 Å². The lowest BCUT2D eigenvalue weighted by Gasteiger charge is -2.33. The molecule has 22 heavy (non-hydrogen) atoms. The number of hydrogen-bond donors (Lipinski definition) is 2. The number of para-hydroxylation sites is 1. The Balaban J connectivity index is 1.98. The van der Waals surface area contributed by atoms with Crippen molar-refractivity contribution < 1.29 is 9.90 Å². The van der Waals surface area contributed by atoms with Crippen molar-refractivity contribution >= 4 is 11.6 Å². The van der Waals surface area contributed by atoms with Gasteiger partial charge in [-0.25, -0.2) is 0 Å². The van der Waals surface area contributed by atoms with Gasteiger partial charge in [-0.1, -0.05) is 45.9 Å². The number of benzene rings is 1. The molecule has 2 atom stereocenters. The fraction of sp³-hybridized carbons (Fsp3) is 0.611. The molecular formula is C18H28N2O2. The number of aliphatic hydroxyl groups is 1. The van der Waals surface area contributed by atoms with E-state index < -0.39 is 0 Å². The molecule has 1 aromatic carbocycles. The highest BCUT2D eigenvalue weighted by molar-refractivity contribution is 5.93. The van der Waals surface area contributed by atoms with Crippen molar-refractivity contribution in [1.29, 1.82) is 0 Å². The molecule has 1 saturated heterocycles. The quantitative estimate of drug-likeness (QED) is 0.902. The first-order chi connectivity index (χ1) is 10.3. The van der Waals surface area contributed by atoms with Gasteiger partial charge in [0.1, 0.15) is 0 Å². The third-order valence-corrected chi connectivity index (χ3v) is 4.38. The number of rotatable bonds is 3. The second kappa shape index (κ2) is 6.80. The lowest BCUT2D eigenvalue weighted by atomic mass is 9.86. The predicted octanol–water partition coefficient (Wildman–Crippen LogP) is 2.63. The second-order valence-electron chi connectivity index (χ2n) is 7.41. The summed E-state index contributed by atoms with van der Waals surface area (Å²) in [5.74, 6) is 0.305. The van der Waals surface area contributed by atoms with Gasteiger partial charge in [0.2, 0.25) is 5.91 Å². The van der Waals surface area contributed by atoms with E-state index in [0.717, 1.165) is 24.2 Å². The molecule has 1 fully saturated rings. The highest BCUT2D eigenvalue weighted by atomic mass is 16.3. The molecule has 0 saturated carbocycles. The maximum Gasteiger partial charge on any atom is 0.238 e. The van der Waals surface area contributed by atoms with Crippen LogP contribution in [-0.4, -0.2) is 41.7 Å². The lowest BCUT2D eigenvalue weighted by Crippen LogP contribution is -2.45. The van der Waals surface area contributed by atoms with Crippen LogP contribution in [0, 0.1) is 5.92 Å². The number of anilines is 1. The number of hydrogen-bond acceptors (Lipinski definition) is 3. The molecule has 4 heteroatoms. The van der Waals surface area contributed by atoms with E-state index in [9.17, 15) is 9.90 Å². The first-order valence-electron chi connectivity index (χ1n) is 8.07. The molecule has 1 amide bonds. The van der Waals surface area contributed by atoms with Crippen LogP contribution in [0.4, 0.5) is 5.69 Å². The van der Waals surface area contributed by atoms with E-state index in [0.29, 0.717) is 19.0 Å². The molecule has 2 rings (SSSR count). The van der Waals surface area contributed by atoms with Gasteiger partial charge in [-0.05, 0) is 35.9 Å². The van der Waals surface area contributed by atoms with Crippen molar-refractivity contribution in [3.05, 3.63) is 29.8 Å². The zero-order valence-electron chi connectivity index (χ0n) is 14.1. The zero-order chi connectivity index (χ0) is 16.3. The van der Waals surface area contributed by atoms with Crippen molar-refractivity contribution in [1.82, 2.24) is 4.90 Å². The molecule has 2 N–H and O–H groups in total. The maximum absolute atomic E-state index is 12.3. The summed E-state index contributed by atoms with van der Waals surface area (Å²) in [5.41, 5.74) is 2.00. The van der Waals surface area contributed by atoms with E-state index >= 15 is 0 Å². The number of nitrogens with one attached hydrogen (secondary N) is 1. The van der Waals surface area contributed by atoms with Gasteiger partial charge in [0.15, 0.2) is 0 Å². The largest absolute Gasteiger partial charge is 0.392 e. The smallest absolute Gasteiger partial charge is 0.238 e. The fourth-order valence-corrected chi connectivity index (χ4v) is 2.90. The van der Waals surface area contributed by atoms with E-state index in [1.165, 1.54) is 0 Å². The number of nitrogens with zero attached hydrogens (tertiary/aromatic N) is 1. The summed E-state index contributed by atoms with van der Waals surface area (Å²) in [6.45, 7) is 10.3. The summed E-state index contributed by atoms with van der Waals surface area (Å²) in [6, 6.07) is 7.95. The fourth-order valence-electron chi connectivity index (χ4n) is 2.90. The number of amides is 1. The predicted molar refractivity (Wildman–Crippen MR) is 90.0 cm³/mol. The van der Waals surface area contributed by atoms with E-state index in [1.54, 1.807) is 0 Å². The molecule has 0 bridgehead atoms. The van der Waals surface area contributed by atoms with Crippen LogP contribution in [-0.2, 0) is 10.2 Å². The SMILES string of the molecule is CC1CCN(CC(=O)Nc2ccccc2C(C)(C)C)CC1O. The van der Waals surface area contributed by atoms with E-state index in [-0.39, 0.29) is 17.4 Å². The Morgan fingerprint density at radius 1 is 1.36 bits per heavy atom. The van der Waals surface area contributed by atoms with Gasteiger partial charge in [0.05, 0.1) is 12.6 Å². The van der Waals surface area contributed by atoms with Crippen LogP contribution >= 0.6 is 0 Å². The molecule has 122 valence electrons. The average Bonchev–Trinajstić information content (AvgIpc) is 2.42. The first kappa shape index (κ1) is 17.0. The van der Waals surface area contributed by atoms with E-state index in [2.05, 4.69) is 39.1 Å². The Morgan fingerprint density at radius 3 is 2.68 bits per heavy atom. The Bertz CT molecular complexity index is 522. The van der Waals surface area contributed by atoms with Gasteiger partial charge < -0.3 is 10.4 Å². The van der Waals surface area contributed by atoms with Gasteiger partial charge in [-0.3, -0.25) is 9.69 Å². The minimum atomic E-state index is -0.330. The van der Waals surface area contributed by atoms with Crippen LogP contribution < -0.4 is 5.32 Å². The van der Waals surface area contributed by atoms with Crippen molar-refractivity contribution in [2.24, 2.45) is 5.92 Å². The molecule has 1 aliphatic rings. The third-order valence-electron chi connectivity index (χ3n) is 4.38. The molecule has 0 spiro atoms. The van der Waals surface area contributed by atoms with E-state index in [4.69, 9.17) is 0 Å². The number of carbonyl (C=O) groups is 1. The summed E-state index contributed by atoms with van der Waals surface area (Å²) in [7, 11) is 0. The topological polar surface area (TPSA) is 52.6 Å². The monoisotopic (exact) mass is 304 g/mol. The molecular weight excluding hydrogens is 276 g/mol. The minimum Gasteiger partial charge on any atom is -0.392 e. The van der Waals surface area contributed by atoms with Crippen LogP contribution in [0.2, 0.25) is 0 Å². The number of piperidine rings is 1. The molecule has 4 nitrogen and oxygen atoms in total. The molecule has 1 aliphatic heterocycles. The lowest BCUT2D eigenvalue weighted by molar-refractivity contribution is -0.118. The minimum absolute atomic E-state index is 0.0133. The molecule has 0 radical (unpaired) electrons. The van der Waals surface area contributed by atoms with Gasteiger partial charge in [-0.2, -0.15) is 0 Å². The van der Waals surface area contributed by atoms with Gasteiger partial charge >= 0.3 is 0 Å². The van der Waals surface area contributed by atoms with Crippen LogP contribution in [0.5, 0.6) is 0 Å². The van der Waals surface area contributed by atoms with Crippen LogP contribution in [0.15, 0.2) is 24.3 Å². The van der Waals surface area contributed by atoms with Crippen molar-refractivity contribution in [2.75, 3.05) is 25.0 Å². The Hall–Kier alpha value is -1.39. The molecule has 0 aliphatic carbocycles. The van der Waals surface area contributed by atoms with Crippen molar-refractivity contribution in [3.8, 4) is 0 Å². The van der Waals surface area contributed by atoms with E-state index in [1.807, 2.05) is 23.1 Å². The Kier molecular flexibility index (Phi) is 5.24. The molecule has 1 heterocycles. The van der Waals surface area contributed by atoms with Crippen LogP contribution in [0.3, 0.4) is 0 Å². The Labute approximate surface area is 133 Å². The summed E-state index contributed by atoms with van der Waals surface area (Å²) in [5, 5.41) is 13.0. The van der Waals surface area contributed by atoms with Gasteiger partial charge in [0.25, 0.3) is 0 Å². The summed E-state index contributed by atoms with van der Waals surface area (Å²) in [6.07, 6.45) is 0.607. The van der Waals surface area contributed by atoms with Crippen LogP contribution in [0.1, 0.15) is 39.7 Å².